The van der Waals surface area contributed by atoms with E-state index in [-0.39, 0.29) is 11.2 Å². The van der Waals surface area contributed by atoms with Gasteiger partial charge in [-0.05, 0) is 24.1 Å². The Hall–Kier alpha value is -2.43. The Balaban J connectivity index is 2.11. The first kappa shape index (κ1) is 10.7. The fourth-order valence-corrected chi connectivity index (χ4v) is 2.24. The van der Waals surface area contributed by atoms with Gasteiger partial charge in [0, 0.05) is 23.5 Å². The molecule has 2 heterocycles. The van der Waals surface area contributed by atoms with Gasteiger partial charge >= 0.3 is 5.56 Å². The van der Waals surface area contributed by atoms with Crippen LogP contribution in [0.1, 0.15) is 16.9 Å². The van der Waals surface area contributed by atoms with Crippen LogP contribution < -0.4 is 11.3 Å². The molecular formula is C13H13N3O2. The van der Waals surface area contributed by atoms with Crippen molar-refractivity contribution in [2.75, 3.05) is 5.73 Å². The number of aryl methyl sites for hydroxylation is 1. The molecule has 0 atom stereocenters. The number of hydrogen-bond acceptors (Lipinski definition) is 3. The number of aromatic amines is 2. The molecule has 0 unspecified atom stereocenters. The summed E-state index contributed by atoms with van der Waals surface area (Å²) in [5.41, 5.74) is 8.75. The molecule has 0 saturated heterocycles. The quantitative estimate of drug-likeness (QED) is 0.642. The fraction of sp³-hybridized carbons (Fsp3) is 0.154. The Morgan fingerprint density at radius 2 is 2.22 bits per heavy atom. The molecule has 0 spiro atoms. The van der Waals surface area contributed by atoms with Gasteiger partial charge in [-0.25, -0.2) is 0 Å². The highest BCUT2D eigenvalue weighted by atomic mass is 16.5. The van der Waals surface area contributed by atoms with Crippen molar-refractivity contribution in [3.63, 3.8) is 0 Å². The average molecular weight is 243 g/mol. The van der Waals surface area contributed by atoms with Crippen LogP contribution in [0.2, 0.25) is 0 Å². The molecule has 0 saturated carbocycles. The van der Waals surface area contributed by atoms with Crippen molar-refractivity contribution in [3.8, 4) is 0 Å². The number of nitrogen functional groups attached to an aromatic ring is 1. The van der Waals surface area contributed by atoms with Crippen molar-refractivity contribution in [2.45, 2.75) is 13.3 Å². The molecule has 2 aromatic heterocycles. The Kier molecular flexibility index (Phi) is 2.26. The van der Waals surface area contributed by atoms with E-state index in [1.165, 1.54) is 5.56 Å². The predicted molar refractivity (Wildman–Crippen MR) is 69.6 cm³/mol. The van der Waals surface area contributed by atoms with E-state index in [1.807, 2.05) is 18.3 Å². The SMILES string of the molecule is Cc1cccc2[nH]cc(Cc3o[nH]c(=O)c3N)c12. The van der Waals surface area contributed by atoms with Gasteiger partial charge in [0.1, 0.15) is 5.69 Å². The van der Waals surface area contributed by atoms with Gasteiger partial charge in [0.15, 0.2) is 5.76 Å². The smallest absolute Gasteiger partial charge is 0.303 e. The third-order valence-corrected chi connectivity index (χ3v) is 3.16. The molecule has 0 bridgehead atoms. The Bertz CT molecular complexity index is 764. The molecular weight excluding hydrogens is 230 g/mol. The third kappa shape index (κ3) is 1.52. The molecule has 18 heavy (non-hydrogen) atoms. The number of rotatable bonds is 2. The summed E-state index contributed by atoms with van der Waals surface area (Å²) in [7, 11) is 0. The van der Waals surface area contributed by atoms with Gasteiger partial charge in [0.05, 0.1) is 0 Å². The van der Waals surface area contributed by atoms with Gasteiger partial charge in [0.25, 0.3) is 0 Å². The molecule has 5 heteroatoms. The molecule has 0 fully saturated rings. The second-order valence-electron chi connectivity index (χ2n) is 4.36. The second-order valence-corrected chi connectivity index (χ2v) is 4.36. The zero-order valence-electron chi connectivity index (χ0n) is 9.91. The number of aromatic nitrogens is 2. The molecule has 4 N–H and O–H groups in total. The highest BCUT2D eigenvalue weighted by Gasteiger charge is 2.13. The number of nitrogens with one attached hydrogen (secondary N) is 2. The van der Waals surface area contributed by atoms with Gasteiger partial charge in [-0.15, -0.1) is 0 Å². The number of H-pyrrole nitrogens is 2. The number of fused-ring (bicyclic) bond motifs is 1. The van der Waals surface area contributed by atoms with Crippen molar-refractivity contribution in [2.24, 2.45) is 0 Å². The number of benzene rings is 1. The van der Waals surface area contributed by atoms with Crippen LogP contribution in [0.25, 0.3) is 10.9 Å². The summed E-state index contributed by atoms with van der Waals surface area (Å²) in [4.78, 5) is 14.4. The van der Waals surface area contributed by atoms with Crippen LogP contribution in [0, 0.1) is 6.92 Å². The first-order valence-corrected chi connectivity index (χ1v) is 5.68. The molecule has 3 rings (SSSR count). The number of nitrogens with two attached hydrogens (primary N) is 1. The van der Waals surface area contributed by atoms with Crippen LogP contribution in [-0.4, -0.2) is 10.1 Å². The number of hydrogen-bond donors (Lipinski definition) is 3. The molecule has 0 radical (unpaired) electrons. The largest absolute Gasteiger partial charge is 0.391 e. The Labute approximate surface area is 103 Å². The lowest BCUT2D eigenvalue weighted by molar-refractivity contribution is 0.385. The minimum atomic E-state index is -0.374. The normalized spacial score (nSPS) is 11.2. The van der Waals surface area contributed by atoms with E-state index in [0.717, 1.165) is 16.5 Å². The van der Waals surface area contributed by atoms with E-state index >= 15 is 0 Å². The predicted octanol–water partition coefficient (Wildman–Crippen LogP) is 1.93. The van der Waals surface area contributed by atoms with Gasteiger partial charge < -0.3 is 15.2 Å². The summed E-state index contributed by atoms with van der Waals surface area (Å²) in [6.45, 7) is 2.05. The molecule has 0 amide bonds. The lowest BCUT2D eigenvalue weighted by atomic mass is 10.0. The van der Waals surface area contributed by atoms with Crippen LogP contribution in [0.5, 0.6) is 0 Å². The van der Waals surface area contributed by atoms with Crippen molar-refractivity contribution >= 4 is 16.6 Å². The first-order chi connectivity index (χ1) is 8.66. The third-order valence-electron chi connectivity index (χ3n) is 3.16. The van der Waals surface area contributed by atoms with Crippen LogP contribution in [0.4, 0.5) is 5.69 Å². The lowest BCUT2D eigenvalue weighted by Crippen LogP contribution is -2.05. The number of anilines is 1. The summed E-state index contributed by atoms with van der Waals surface area (Å²) in [6.07, 6.45) is 2.42. The molecule has 1 aromatic carbocycles. The maximum atomic E-state index is 11.2. The fourth-order valence-electron chi connectivity index (χ4n) is 2.24. The van der Waals surface area contributed by atoms with Crippen molar-refractivity contribution in [3.05, 3.63) is 51.6 Å². The van der Waals surface area contributed by atoms with Crippen LogP contribution in [-0.2, 0) is 6.42 Å². The minimum Gasteiger partial charge on any atom is -0.391 e. The van der Waals surface area contributed by atoms with Gasteiger partial charge in [0.2, 0.25) is 0 Å². The second kappa shape index (κ2) is 3.80. The molecule has 0 aliphatic heterocycles. The lowest BCUT2D eigenvalue weighted by Gasteiger charge is -2.00. The zero-order chi connectivity index (χ0) is 12.7. The van der Waals surface area contributed by atoms with E-state index in [2.05, 4.69) is 23.1 Å². The summed E-state index contributed by atoms with van der Waals surface area (Å²) in [5.74, 6) is 0.476. The van der Waals surface area contributed by atoms with Gasteiger partial charge in [-0.1, -0.05) is 12.1 Å². The first-order valence-electron chi connectivity index (χ1n) is 5.68. The Morgan fingerprint density at radius 3 is 2.94 bits per heavy atom. The Morgan fingerprint density at radius 1 is 1.39 bits per heavy atom. The van der Waals surface area contributed by atoms with Crippen LogP contribution in [0.3, 0.4) is 0 Å². The van der Waals surface area contributed by atoms with E-state index in [1.54, 1.807) is 0 Å². The van der Waals surface area contributed by atoms with Crippen LogP contribution in [0.15, 0.2) is 33.7 Å². The van der Waals surface area contributed by atoms with E-state index < -0.39 is 0 Å². The maximum absolute atomic E-state index is 11.2. The van der Waals surface area contributed by atoms with E-state index in [4.69, 9.17) is 10.3 Å². The molecule has 0 aliphatic carbocycles. The standard InChI is InChI=1S/C13H13N3O2/c1-7-3-2-4-9-11(7)8(6-15-9)5-10-12(14)13(17)16-18-10/h2-4,6,15H,5,14H2,1H3,(H,16,17). The van der Waals surface area contributed by atoms with E-state index in [9.17, 15) is 4.79 Å². The van der Waals surface area contributed by atoms with Gasteiger partial charge in [-0.3, -0.25) is 4.79 Å². The molecule has 3 aromatic rings. The van der Waals surface area contributed by atoms with Crippen molar-refractivity contribution in [1.29, 1.82) is 0 Å². The zero-order valence-corrected chi connectivity index (χ0v) is 9.91. The molecule has 92 valence electrons. The molecule has 5 nitrogen and oxygen atoms in total. The van der Waals surface area contributed by atoms with Gasteiger partial charge in [-0.2, -0.15) is 5.16 Å². The summed E-state index contributed by atoms with van der Waals surface area (Å²) >= 11 is 0. The summed E-state index contributed by atoms with van der Waals surface area (Å²) < 4.78 is 5.08. The highest BCUT2D eigenvalue weighted by molar-refractivity contribution is 5.86. The van der Waals surface area contributed by atoms with Crippen molar-refractivity contribution < 1.29 is 4.52 Å². The minimum absolute atomic E-state index is 0.151. The maximum Gasteiger partial charge on any atom is 0.303 e. The topological polar surface area (TPSA) is 87.8 Å². The van der Waals surface area contributed by atoms with Crippen molar-refractivity contribution in [1.82, 2.24) is 10.1 Å². The summed E-state index contributed by atoms with van der Waals surface area (Å²) in [5, 5.41) is 3.40. The highest BCUT2D eigenvalue weighted by Crippen LogP contribution is 2.25. The van der Waals surface area contributed by atoms with E-state index in [0.29, 0.717) is 12.2 Å². The monoisotopic (exact) mass is 243 g/mol. The van der Waals surface area contributed by atoms with Crippen LogP contribution >= 0.6 is 0 Å². The average Bonchev–Trinajstić information content (AvgIpc) is 2.90. The summed E-state index contributed by atoms with van der Waals surface area (Å²) in [6, 6.07) is 6.07. The molecule has 0 aliphatic rings.